The molecule has 3 nitrogen and oxygen atoms in total. The Morgan fingerprint density at radius 3 is 2.50 bits per heavy atom. The summed E-state index contributed by atoms with van der Waals surface area (Å²) in [6.07, 6.45) is 3.56. The Kier molecular flexibility index (Phi) is 3.35. The number of methoxy groups -OCH3 is 1. The molecule has 0 spiro atoms. The summed E-state index contributed by atoms with van der Waals surface area (Å²) >= 11 is 0. The van der Waals surface area contributed by atoms with Gasteiger partial charge in [-0.2, -0.15) is 0 Å². The van der Waals surface area contributed by atoms with Crippen LogP contribution in [0.4, 0.5) is 0 Å². The minimum absolute atomic E-state index is 0.195. The number of benzene rings is 2. The van der Waals surface area contributed by atoms with E-state index in [1.165, 1.54) is 0 Å². The maximum absolute atomic E-state index is 6.39. The van der Waals surface area contributed by atoms with Crippen LogP contribution in [0.2, 0.25) is 0 Å². The molecule has 1 aromatic heterocycles. The van der Waals surface area contributed by atoms with E-state index in [4.69, 9.17) is 10.5 Å². The van der Waals surface area contributed by atoms with E-state index in [9.17, 15) is 0 Å². The molecule has 0 amide bonds. The highest BCUT2D eigenvalue weighted by molar-refractivity contribution is 5.91. The first-order chi connectivity index (χ1) is 9.81. The summed E-state index contributed by atoms with van der Waals surface area (Å²) in [6, 6.07) is 15.8. The SMILES string of the molecule is COc1ccc(C(N)c2cccnc2)c2ccccc12. The second-order valence-electron chi connectivity index (χ2n) is 4.67. The van der Waals surface area contributed by atoms with Gasteiger partial charge in [-0.3, -0.25) is 4.98 Å². The van der Waals surface area contributed by atoms with E-state index >= 15 is 0 Å². The van der Waals surface area contributed by atoms with Gasteiger partial charge in [0.25, 0.3) is 0 Å². The largest absolute Gasteiger partial charge is 0.496 e. The van der Waals surface area contributed by atoms with Crippen molar-refractivity contribution in [3.8, 4) is 5.75 Å². The van der Waals surface area contributed by atoms with Crippen LogP contribution in [-0.4, -0.2) is 12.1 Å². The fourth-order valence-electron chi connectivity index (χ4n) is 2.48. The molecule has 0 radical (unpaired) electrons. The van der Waals surface area contributed by atoms with Gasteiger partial charge < -0.3 is 10.5 Å². The monoisotopic (exact) mass is 264 g/mol. The molecule has 0 aliphatic rings. The molecule has 0 aliphatic heterocycles. The topological polar surface area (TPSA) is 48.1 Å². The van der Waals surface area contributed by atoms with Crippen LogP contribution >= 0.6 is 0 Å². The smallest absolute Gasteiger partial charge is 0.126 e. The number of pyridine rings is 1. The van der Waals surface area contributed by atoms with E-state index in [2.05, 4.69) is 11.1 Å². The lowest BCUT2D eigenvalue weighted by molar-refractivity contribution is 0.419. The zero-order valence-corrected chi connectivity index (χ0v) is 11.3. The van der Waals surface area contributed by atoms with Crippen LogP contribution in [0.1, 0.15) is 17.2 Å². The Balaban J connectivity index is 2.18. The maximum Gasteiger partial charge on any atom is 0.126 e. The second-order valence-corrected chi connectivity index (χ2v) is 4.67. The molecule has 100 valence electrons. The summed E-state index contributed by atoms with van der Waals surface area (Å²) in [5, 5.41) is 2.19. The van der Waals surface area contributed by atoms with Gasteiger partial charge in [0, 0.05) is 17.8 Å². The van der Waals surface area contributed by atoms with Crippen molar-refractivity contribution in [2.45, 2.75) is 6.04 Å². The third-order valence-electron chi connectivity index (χ3n) is 3.52. The highest BCUT2D eigenvalue weighted by Gasteiger charge is 2.14. The standard InChI is InChI=1S/C17H16N2O/c1-20-16-9-8-15(13-6-2-3-7-14(13)16)17(18)12-5-4-10-19-11-12/h2-11,17H,18H2,1H3. The molecular formula is C17H16N2O. The molecule has 0 aliphatic carbocycles. The van der Waals surface area contributed by atoms with Crippen LogP contribution in [0.25, 0.3) is 10.8 Å². The minimum atomic E-state index is -0.195. The lowest BCUT2D eigenvalue weighted by Crippen LogP contribution is -2.12. The van der Waals surface area contributed by atoms with Crippen molar-refractivity contribution in [3.63, 3.8) is 0 Å². The fraction of sp³-hybridized carbons (Fsp3) is 0.118. The number of aromatic nitrogens is 1. The van der Waals surface area contributed by atoms with Crippen LogP contribution in [0.15, 0.2) is 60.9 Å². The molecule has 2 aromatic carbocycles. The highest BCUT2D eigenvalue weighted by Crippen LogP contribution is 2.32. The number of hydrogen-bond donors (Lipinski definition) is 1. The van der Waals surface area contributed by atoms with Crippen molar-refractivity contribution in [2.24, 2.45) is 5.73 Å². The van der Waals surface area contributed by atoms with Crippen LogP contribution in [0.5, 0.6) is 5.75 Å². The molecule has 1 atom stereocenters. The molecule has 0 saturated carbocycles. The van der Waals surface area contributed by atoms with Crippen molar-refractivity contribution in [2.75, 3.05) is 7.11 Å². The van der Waals surface area contributed by atoms with Gasteiger partial charge in [0.05, 0.1) is 13.2 Å². The van der Waals surface area contributed by atoms with Crippen molar-refractivity contribution in [3.05, 3.63) is 72.1 Å². The average molecular weight is 264 g/mol. The van der Waals surface area contributed by atoms with E-state index in [1.807, 2.05) is 48.7 Å². The Hall–Kier alpha value is -2.39. The minimum Gasteiger partial charge on any atom is -0.496 e. The van der Waals surface area contributed by atoms with E-state index in [1.54, 1.807) is 13.3 Å². The third-order valence-corrected chi connectivity index (χ3v) is 3.52. The zero-order chi connectivity index (χ0) is 13.9. The molecule has 0 bridgehead atoms. The summed E-state index contributed by atoms with van der Waals surface area (Å²) in [5.41, 5.74) is 8.47. The van der Waals surface area contributed by atoms with Gasteiger partial charge in [0.1, 0.15) is 5.75 Å². The maximum atomic E-state index is 6.39. The summed E-state index contributed by atoms with van der Waals surface area (Å²) in [5.74, 6) is 0.864. The number of nitrogens with two attached hydrogens (primary N) is 1. The van der Waals surface area contributed by atoms with Crippen molar-refractivity contribution in [1.29, 1.82) is 0 Å². The second kappa shape index (κ2) is 5.31. The molecular weight excluding hydrogens is 248 g/mol. The van der Waals surface area contributed by atoms with E-state index in [0.717, 1.165) is 27.6 Å². The summed E-state index contributed by atoms with van der Waals surface area (Å²) in [7, 11) is 1.68. The number of nitrogens with zero attached hydrogens (tertiary/aromatic N) is 1. The lowest BCUT2D eigenvalue weighted by Gasteiger charge is -2.16. The summed E-state index contributed by atoms with van der Waals surface area (Å²) in [4.78, 5) is 4.14. The first kappa shape index (κ1) is 12.6. The molecule has 3 aromatic rings. The van der Waals surface area contributed by atoms with E-state index in [0.29, 0.717) is 0 Å². The van der Waals surface area contributed by atoms with Crippen molar-refractivity contribution in [1.82, 2.24) is 4.98 Å². The van der Waals surface area contributed by atoms with Crippen molar-refractivity contribution >= 4 is 10.8 Å². The average Bonchev–Trinajstić information content (AvgIpc) is 2.54. The number of ether oxygens (including phenoxy) is 1. The molecule has 2 N–H and O–H groups in total. The summed E-state index contributed by atoms with van der Waals surface area (Å²) < 4.78 is 5.41. The Labute approximate surface area is 118 Å². The van der Waals surface area contributed by atoms with Gasteiger partial charge in [0.15, 0.2) is 0 Å². The highest BCUT2D eigenvalue weighted by atomic mass is 16.5. The first-order valence-corrected chi connectivity index (χ1v) is 6.52. The van der Waals surface area contributed by atoms with Gasteiger partial charge in [-0.25, -0.2) is 0 Å². The van der Waals surface area contributed by atoms with Crippen molar-refractivity contribution < 1.29 is 4.74 Å². The van der Waals surface area contributed by atoms with Gasteiger partial charge in [-0.15, -0.1) is 0 Å². The van der Waals surface area contributed by atoms with Crippen LogP contribution < -0.4 is 10.5 Å². The molecule has 3 heteroatoms. The van der Waals surface area contributed by atoms with Gasteiger partial charge >= 0.3 is 0 Å². The van der Waals surface area contributed by atoms with Crippen LogP contribution in [0.3, 0.4) is 0 Å². The Morgan fingerprint density at radius 1 is 1.00 bits per heavy atom. The number of hydrogen-bond acceptors (Lipinski definition) is 3. The molecule has 0 saturated heterocycles. The number of rotatable bonds is 3. The molecule has 0 fully saturated rings. The third kappa shape index (κ3) is 2.12. The lowest BCUT2D eigenvalue weighted by atomic mass is 9.95. The Bertz CT molecular complexity index is 725. The fourth-order valence-corrected chi connectivity index (χ4v) is 2.48. The van der Waals surface area contributed by atoms with Gasteiger partial charge in [0.2, 0.25) is 0 Å². The quantitative estimate of drug-likeness (QED) is 0.789. The zero-order valence-electron chi connectivity index (χ0n) is 11.3. The van der Waals surface area contributed by atoms with E-state index in [-0.39, 0.29) is 6.04 Å². The summed E-state index contributed by atoms with van der Waals surface area (Å²) in [6.45, 7) is 0. The molecule has 3 rings (SSSR count). The van der Waals surface area contributed by atoms with Crippen LogP contribution in [-0.2, 0) is 0 Å². The predicted octanol–water partition coefficient (Wildman–Crippen LogP) is 3.29. The predicted molar refractivity (Wildman–Crippen MR) is 80.8 cm³/mol. The molecule has 1 unspecified atom stereocenters. The number of fused-ring (bicyclic) bond motifs is 1. The Morgan fingerprint density at radius 2 is 1.80 bits per heavy atom. The van der Waals surface area contributed by atoms with Gasteiger partial charge in [-0.1, -0.05) is 36.4 Å². The van der Waals surface area contributed by atoms with E-state index < -0.39 is 0 Å². The molecule has 1 heterocycles. The molecule has 20 heavy (non-hydrogen) atoms. The first-order valence-electron chi connectivity index (χ1n) is 6.52. The van der Waals surface area contributed by atoms with Gasteiger partial charge in [-0.05, 0) is 28.6 Å². The van der Waals surface area contributed by atoms with Crippen LogP contribution in [0, 0.1) is 0 Å². The normalized spacial score (nSPS) is 12.3.